The highest BCUT2D eigenvalue weighted by Crippen LogP contribution is 2.22. The predicted molar refractivity (Wildman–Crippen MR) is 76.6 cm³/mol. The van der Waals surface area contributed by atoms with Gasteiger partial charge in [-0.25, -0.2) is 0 Å². The van der Waals surface area contributed by atoms with E-state index in [0.717, 1.165) is 6.54 Å². The van der Waals surface area contributed by atoms with Crippen molar-refractivity contribution < 1.29 is 4.79 Å². The maximum atomic E-state index is 12.4. The third-order valence-electron chi connectivity index (χ3n) is 4.35. The van der Waals surface area contributed by atoms with Gasteiger partial charge in [-0.1, -0.05) is 32.6 Å². The van der Waals surface area contributed by atoms with Crippen LogP contribution < -0.4 is 0 Å². The molecule has 1 aliphatic rings. The summed E-state index contributed by atoms with van der Waals surface area (Å²) in [6.07, 6.45) is 8.63. The Morgan fingerprint density at radius 1 is 1.22 bits per heavy atom. The lowest BCUT2D eigenvalue weighted by Crippen LogP contribution is -2.48. The summed E-state index contributed by atoms with van der Waals surface area (Å²) in [4.78, 5) is 16.6. The van der Waals surface area contributed by atoms with Crippen LogP contribution >= 0.6 is 0 Å². The van der Waals surface area contributed by atoms with Crippen molar-refractivity contribution in [2.75, 3.05) is 20.6 Å². The Bertz CT molecular complexity index is 249. The molecule has 0 aromatic heterocycles. The SMILES string of the molecule is CCCCN(C)C(C)C(=O)N(C)C1CCCCC1. The van der Waals surface area contributed by atoms with Gasteiger partial charge in [-0.2, -0.15) is 0 Å². The molecule has 1 rings (SSSR count). The van der Waals surface area contributed by atoms with Crippen LogP contribution in [-0.2, 0) is 4.79 Å². The number of carbonyl (C=O) groups excluding carboxylic acids is 1. The van der Waals surface area contributed by atoms with Crippen LogP contribution in [0.15, 0.2) is 0 Å². The molecule has 0 aromatic carbocycles. The minimum absolute atomic E-state index is 0.0171. The van der Waals surface area contributed by atoms with Crippen LogP contribution in [0.3, 0.4) is 0 Å². The van der Waals surface area contributed by atoms with E-state index in [4.69, 9.17) is 0 Å². The van der Waals surface area contributed by atoms with Gasteiger partial charge in [-0.3, -0.25) is 9.69 Å². The predicted octanol–water partition coefficient (Wildman–Crippen LogP) is 2.90. The molecule has 1 atom stereocenters. The quantitative estimate of drug-likeness (QED) is 0.727. The zero-order chi connectivity index (χ0) is 13.5. The third-order valence-corrected chi connectivity index (χ3v) is 4.35. The van der Waals surface area contributed by atoms with Crippen LogP contribution in [0.1, 0.15) is 58.8 Å². The van der Waals surface area contributed by atoms with Gasteiger partial charge in [-0.05, 0) is 39.8 Å². The van der Waals surface area contributed by atoms with Crippen LogP contribution in [0.5, 0.6) is 0 Å². The van der Waals surface area contributed by atoms with Gasteiger partial charge < -0.3 is 4.90 Å². The number of carbonyl (C=O) groups is 1. The Morgan fingerprint density at radius 3 is 2.39 bits per heavy atom. The molecule has 1 amide bonds. The molecular weight excluding hydrogens is 224 g/mol. The summed E-state index contributed by atoms with van der Waals surface area (Å²) in [5, 5.41) is 0. The molecule has 3 nitrogen and oxygen atoms in total. The van der Waals surface area contributed by atoms with E-state index in [0.29, 0.717) is 11.9 Å². The Balaban J connectivity index is 2.45. The van der Waals surface area contributed by atoms with Crippen molar-refractivity contribution in [1.82, 2.24) is 9.80 Å². The van der Waals surface area contributed by atoms with Crippen molar-refractivity contribution in [1.29, 1.82) is 0 Å². The average molecular weight is 254 g/mol. The summed E-state index contributed by atoms with van der Waals surface area (Å²) >= 11 is 0. The van der Waals surface area contributed by atoms with E-state index in [1.807, 2.05) is 18.9 Å². The standard InChI is InChI=1S/C15H30N2O/c1-5-6-12-16(3)13(2)15(18)17(4)14-10-8-7-9-11-14/h13-14H,5-12H2,1-4H3. The molecule has 0 aromatic rings. The first kappa shape index (κ1) is 15.5. The lowest BCUT2D eigenvalue weighted by atomic mass is 9.94. The highest BCUT2D eigenvalue weighted by atomic mass is 16.2. The van der Waals surface area contributed by atoms with Crippen LogP contribution in [0, 0.1) is 0 Å². The summed E-state index contributed by atoms with van der Waals surface area (Å²) in [6.45, 7) is 5.24. The fraction of sp³-hybridized carbons (Fsp3) is 0.933. The second-order valence-corrected chi connectivity index (χ2v) is 5.75. The van der Waals surface area contributed by atoms with Crippen LogP contribution in [0.25, 0.3) is 0 Å². The number of hydrogen-bond donors (Lipinski definition) is 0. The molecule has 0 spiro atoms. The van der Waals surface area contributed by atoms with Crippen molar-refractivity contribution in [2.24, 2.45) is 0 Å². The fourth-order valence-corrected chi connectivity index (χ4v) is 2.73. The molecule has 1 fully saturated rings. The van der Waals surface area contributed by atoms with Crippen LogP contribution in [0.4, 0.5) is 0 Å². The molecule has 0 aliphatic heterocycles. The highest BCUT2D eigenvalue weighted by molar-refractivity contribution is 5.81. The van der Waals surface area contributed by atoms with Crippen molar-refractivity contribution in [3.05, 3.63) is 0 Å². The summed E-state index contributed by atoms with van der Waals surface area (Å²) in [6, 6.07) is 0.497. The minimum Gasteiger partial charge on any atom is -0.341 e. The fourth-order valence-electron chi connectivity index (χ4n) is 2.73. The Labute approximate surface area is 113 Å². The molecule has 1 aliphatic carbocycles. The molecular formula is C15H30N2O. The van der Waals surface area contributed by atoms with E-state index in [-0.39, 0.29) is 6.04 Å². The number of amides is 1. The van der Waals surface area contributed by atoms with Crippen molar-refractivity contribution in [3.63, 3.8) is 0 Å². The Hall–Kier alpha value is -0.570. The molecule has 0 radical (unpaired) electrons. The number of hydrogen-bond acceptors (Lipinski definition) is 2. The number of unbranched alkanes of at least 4 members (excludes halogenated alkanes) is 1. The first-order valence-electron chi connectivity index (χ1n) is 7.54. The second kappa shape index (κ2) is 7.78. The van der Waals surface area contributed by atoms with Gasteiger partial charge in [0.1, 0.15) is 0 Å². The lowest BCUT2D eigenvalue weighted by Gasteiger charge is -2.35. The van der Waals surface area contributed by atoms with Crippen LogP contribution in [-0.4, -0.2) is 48.4 Å². The lowest BCUT2D eigenvalue weighted by molar-refractivity contribution is -0.137. The van der Waals surface area contributed by atoms with E-state index in [2.05, 4.69) is 18.9 Å². The van der Waals surface area contributed by atoms with E-state index in [9.17, 15) is 4.79 Å². The Kier molecular flexibility index (Phi) is 6.69. The molecule has 0 N–H and O–H groups in total. The smallest absolute Gasteiger partial charge is 0.239 e. The Morgan fingerprint density at radius 2 is 1.83 bits per heavy atom. The van der Waals surface area contributed by atoms with Gasteiger partial charge in [0.15, 0.2) is 0 Å². The van der Waals surface area contributed by atoms with Crippen molar-refractivity contribution in [3.8, 4) is 0 Å². The topological polar surface area (TPSA) is 23.6 Å². The largest absolute Gasteiger partial charge is 0.341 e. The first-order chi connectivity index (χ1) is 8.57. The van der Waals surface area contributed by atoms with Gasteiger partial charge in [0.25, 0.3) is 0 Å². The molecule has 106 valence electrons. The maximum Gasteiger partial charge on any atom is 0.239 e. The molecule has 3 heteroatoms. The van der Waals surface area contributed by atoms with Gasteiger partial charge in [-0.15, -0.1) is 0 Å². The zero-order valence-electron chi connectivity index (χ0n) is 12.6. The van der Waals surface area contributed by atoms with E-state index in [1.54, 1.807) is 0 Å². The molecule has 18 heavy (non-hydrogen) atoms. The van der Waals surface area contributed by atoms with E-state index >= 15 is 0 Å². The summed E-state index contributed by atoms with van der Waals surface area (Å²) in [5.41, 5.74) is 0. The van der Waals surface area contributed by atoms with Gasteiger partial charge >= 0.3 is 0 Å². The minimum atomic E-state index is 0.0171. The van der Waals surface area contributed by atoms with Crippen molar-refractivity contribution >= 4 is 5.91 Å². The first-order valence-corrected chi connectivity index (χ1v) is 7.54. The normalized spacial score (nSPS) is 18.9. The van der Waals surface area contributed by atoms with Crippen molar-refractivity contribution in [2.45, 2.75) is 70.9 Å². The second-order valence-electron chi connectivity index (χ2n) is 5.75. The number of likely N-dealkylation sites (N-methyl/N-ethyl adjacent to an activating group) is 2. The summed E-state index contributed by atoms with van der Waals surface area (Å²) in [7, 11) is 4.05. The van der Waals surface area contributed by atoms with Gasteiger partial charge in [0.2, 0.25) is 5.91 Å². The monoisotopic (exact) mass is 254 g/mol. The van der Waals surface area contributed by atoms with Gasteiger partial charge in [0.05, 0.1) is 6.04 Å². The average Bonchev–Trinajstić information content (AvgIpc) is 2.43. The molecule has 0 bridgehead atoms. The zero-order valence-corrected chi connectivity index (χ0v) is 12.6. The third kappa shape index (κ3) is 4.27. The number of nitrogens with zero attached hydrogens (tertiary/aromatic N) is 2. The molecule has 1 saturated carbocycles. The number of rotatable bonds is 6. The molecule has 0 heterocycles. The van der Waals surface area contributed by atoms with Crippen LogP contribution in [0.2, 0.25) is 0 Å². The molecule has 1 unspecified atom stereocenters. The van der Waals surface area contributed by atoms with E-state index in [1.165, 1.54) is 44.9 Å². The highest BCUT2D eigenvalue weighted by Gasteiger charge is 2.27. The maximum absolute atomic E-state index is 12.4. The van der Waals surface area contributed by atoms with E-state index < -0.39 is 0 Å². The summed E-state index contributed by atoms with van der Waals surface area (Å²) < 4.78 is 0. The summed E-state index contributed by atoms with van der Waals surface area (Å²) in [5.74, 6) is 0.292. The molecule has 0 saturated heterocycles. The van der Waals surface area contributed by atoms with Gasteiger partial charge in [0, 0.05) is 13.1 Å².